The first-order valence-corrected chi connectivity index (χ1v) is 4.63. The maximum Gasteiger partial charge on any atom is 0.0576 e. The summed E-state index contributed by atoms with van der Waals surface area (Å²) in [5.74, 6) is 3.18. The third kappa shape index (κ3) is 4.38. The van der Waals surface area contributed by atoms with Gasteiger partial charge in [-0.2, -0.15) is 0 Å². The van der Waals surface area contributed by atoms with Crippen LogP contribution in [-0.2, 0) is 0 Å². The minimum absolute atomic E-state index is 0.376. The van der Waals surface area contributed by atoms with Crippen LogP contribution in [0.15, 0.2) is 0 Å². The highest BCUT2D eigenvalue weighted by molar-refractivity contribution is 4.89. The lowest BCUT2D eigenvalue weighted by Gasteiger charge is -2.22. The largest absolute Gasteiger partial charge is 0.329 e. The molecule has 0 aliphatic rings. The van der Waals surface area contributed by atoms with Crippen LogP contribution in [0.5, 0.6) is 0 Å². The van der Waals surface area contributed by atoms with E-state index in [0.29, 0.717) is 25.0 Å². The lowest BCUT2D eigenvalue weighted by molar-refractivity contribution is 0.372. The van der Waals surface area contributed by atoms with Crippen molar-refractivity contribution in [3.8, 4) is 12.3 Å². The highest BCUT2D eigenvalue weighted by Gasteiger charge is 2.12. The molecule has 0 aromatic carbocycles. The highest BCUT2D eigenvalue weighted by Crippen LogP contribution is 2.09. The van der Waals surface area contributed by atoms with Crippen LogP contribution in [0.25, 0.3) is 0 Å². The summed E-state index contributed by atoms with van der Waals surface area (Å²) in [4.78, 5) is 0. The molecule has 2 unspecified atom stereocenters. The zero-order valence-corrected chi connectivity index (χ0v) is 8.14. The number of hydrogen-bond donors (Lipinski definition) is 2. The minimum Gasteiger partial charge on any atom is -0.329 e. The molecule has 2 heteroatoms. The Morgan fingerprint density at radius 1 is 1.58 bits per heavy atom. The highest BCUT2D eigenvalue weighted by atomic mass is 14.9. The van der Waals surface area contributed by atoms with Gasteiger partial charge < -0.3 is 11.1 Å². The summed E-state index contributed by atoms with van der Waals surface area (Å²) in [7, 11) is 0. The topological polar surface area (TPSA) is 38.0 Å². The van der Waals surface area contributed by atoms with Gasteiger partial charge in [0.25, 0.3) is 0 Å². The normalized spacial score (nSPS) is 15.2. The molecule has 0 aromatic heterocycles. The van der Waals surface area contributed by atoms with E-state index in [-0.39, 0.29) is 0 Å². The third-order valence-corrected chi connectivity index (χ3v) is 2.15. The monoisotopic (exact) mass is 168 g/mol. The van der Waals surface area contributed by atoms with Gasteiger partial charge in [0.1, 0.15) is 0 Å². The van der Waals surface area contributed by atoms with Gasteiger partial charge in [0.2, 0.25) is 0 Å². The molecular formula is C10H20N2. The maximum absolute atomic E-state index is 5.61. The first kappa shape index (κ1) is 11.5. The first-order chi connectivity index (χ1) is 5.76. The third-order valence-electron chi connectivity index (χ3n) is 2.15. The number of nitrogens with two attached hydrogens (primary N) is 1. The predicted molar refractivity (Wildman–Crippen MR) is 53.8 cm³/mol. The molecule has 0 aliphatic heterocycles. The molecule has 0 saturated heterocycles. The van der Waals surface area contributed by atoms with Crippen LogP contribution in [0.4, 0.5) is 0 Å². The summed E-state index contributed by atoms with van der Waals surface area (Å²) in [6.07, 6.45) is 7.56. The predicted octanol–water partition coefficient (Wildman–Crippen LogP) is 0.973. The number of rotatable bonds is 6. The standard InChI is InChI=1S/C10H20N2/c1-4-6-9(3)10(8-11)12-7-5-2/h2,9-10,12H,4,6-8,11H2,1,3H3. The summed E-state index contributed by atoms with van der Waals surface area (Å²) >= 11 is 0. The van der Waals surface area contributed by atoms with Gasteiger partial charge in [0.15, 0.2) is 0 Å². The molecule has 0 radical (unpaired) electrons. The molecule has 2 atom stereocenters. The second kappa shape index (κ2) is 7.15. The molecule has 0 bridgehead atoms. The average Bonchev–Trinajstić information content (AvgIpc) is 2.06. The minimum atomic E-state index is 0.376. The number of terminal acetylenes is 1. The Morgan fingerprint density at radius 3 is 2.67 bits per heavy atom. The van der Waals surface area contributed by atoms with E-state index in [2.05, 4.69) is 25.1 Å². The second-order valence-electron chi connectivity index (χ2n) is 3.19. The van der Waals surface area contributed by atoms with Crippen molar-refractivity contribution in [2.24, 2.45) is 11.7 Å². The van der Waals surface area contributed by atoms with Gasteiger partial charge in [-0.1, -0.05) is 26.2 Å². The SMILES string of the molecule is C#CCNC(CN)C(C)CCC. The molecule has 0 fully saturated rings. The fraction of sp³-hybridized carbons (Fsp3) is 0.800. The van der Waals surface area contributed by atoms with Crippen LogP contribution in [0, 0.1) is 18.3 Å². The molecule has 0 heterocycles. The van der Waals surface area contributed by atoms with E-state index in [9.17, 15) is 0 Å². The summed E-state index contributed by atoms with van der Waals surface area (Å²) in [6.45, 7) is 5.69. The molecule has 0 amide bonds. The fourth-order valence-electron chi connectivity index (χ4n) is 1.36. The van der Waals surface area contributed by atoms with Gasteiger partial charge in [0.05, 0.1) is 6.54 Å². The fourth-order valence-corrected chi connectivity index (χ4v) is 1.36. The van der Waals surface area contributed by atoms with E-state index in [1.807, 2.05) is 0 Å². The van der Waals surface area contributed by atoms with E-state index >= 15 is 0 Å². The number of hydrogen-bond acceptors (Lipinski definition) is 2. The van der Waals surface area contributed by atoms with E-state index in [0.717, 1.165) is 0 Å². The Balaban J connectivity index is 3.72. The zero-order valence-electron chi connectivity index (χ0n) is 8.14. The molecule has 0 aliphatic carbocycles. The summed E-state index contributed by atoms with van der Waals surface area (Å²) in [6, 6.07) is 0.376. The Bertz CT molecular complexity index is 137. The quantitative estimate of drug-likeness (QED) is 0.580. The smallest absolute Gasteiger partial charge is 0.0576 e. The molecule has 0 saturated carbocycles. The van der Waals surface area contributed by atoms with E-state index in [4.69, 9.17) is 12.2 Å². The van der Waals surface area contributed by atoms with Crippen molar-refractivity contribution in [1.82, 2.24) is 5.32 Å². The van der Waals surface area contributed by atoms with Gasteiger partial charge in [-0.3, -0.25) is 0 Å². The van der Waals surface area contributed by atoms with Crippen molar-refractivity contribution >= 4 is 0 Å². The van der Waals surface area contributed by atoms with Crippen LogP contribution >= 0.6 is 0 Å². The average molecular weight is 168 g/mol. The Kier molecular flexibility index (Phi) is 6.84. The van der Waals surface area contributed by atoms with Gasteiger partial charge in [-0.25, -0.2) is 0 Å². The van der Waals surface area contributed by atoms with Gasteiger partial charge in [-0.15, -0.1) is 6.42 Å². The van der Waals surface area contributed by atoms with E-state index in [1.54, 1.807) is 0 Å². The molecular weight excluding hydrogens is 148 g/mol. The van der Waals surface area contributed by atoms with Gasteiger partial charge in [-0.05, 0) is 12.3 Å². The molecule has 12 heavy (non-hydrogen) atoms. The van der Waals surface area contributed by atoms with Crippen molar-refractivity contribution in [3.05, 3.63) is 0 Å². The van der Waals surface area contributed by atoms with E-state index < -0.39 is 0 Å². The van der Waals surface area contributed by atoms with Gasteiger partial charge >= 0.3 is 0 Å². The van der Waals surface area contributed by atoms with Crippen molar-refractivity contribution in [2.75, 3.05) is 13.1 Å². The van der Waals surface area contributed by atoms with Crippen molar-refractivity contribution in [2.45, 2.75) is 32.7 Å². The van der Waals surface area contributed by atoms with E-state index in [1.165, 1.54) is 12.8 Å². The Labute approximate surface area is 75.9 Å². The van der Waals surface area contributed by atoms with Crippen LogP contribution in [0.3, 0.4) is 0 Å². The Hall–Kier alpha value is -0.520. The summed E-state index contributed by atoms with van der Waals surface area (Å²) in [5, 5.41) is 3.24. The number of nitrogens with one attached hydrogen (secondary N) is 1. The van der Waals surface area contributed by atoms with Crippen molar-refractivity contribution in [1.29, 1.82) is 0 Å². The van der Waals surface area contributed by atoms with Crippen LogP contribution < -0.4 is 11.1 Å². The summed E-state index contributed by atoms with van der Waals surface area (Å²) in [5.41, 5.74) is 5.61. The first-order valence-electron chi connectivity index (χ1n) is 4.63. The molecule has 0 spiro atoms. The zero-order chi connectivity index (χ0) is 9.40. The van der Waals surface area contributed by atoms with Crippen molar-refractivity contribution in [3.63, 3.8) is 0 Å². The second-order valence-corrected chi connectivity index (χ2v) is 3.19. The lowest BCUT2D eigenvalue weighted by atomic mass is 9.97. The van der Waals surface area contributed by atoms with Crippen LogP contribution in [-0.4, -0.2) is 19.1 Å². The Morgan fingerprint density at radius 2 is 2.25 bits per heavy atom. The van der Waals surface area contributed by atoms with Crippen LogP contribution in [0.1, 0.15) is 26.7 Å². The molecule has 70 valence electrons. The maximum atomic E-state index is 5.61. The van der Waals surface area contributed by atoms with Crippen molar-refractivity contribution < 1.29 is 0 Å². The van der Waals surface area contributed by atoms with Gasteiger partial charge in [0, 0.05) is 12.6 Å². The summed E-state index contributed by atoms with van der Waals surface area (Å²) < 4.78 is 0. The molecule has 0 rings (SSSR count). The molecule has 3 N–H and O–H groups in total. The molecule has 2 nitrogen and oxygen atoms in total. The molecule has 0 aromatic rings. The van der Waals surface area contributed by atoms with Crippen LogP contribution in [0.2, 0.25) is 0 Å². The lowest BCUT2D eigenvalue weighted by Crippen LogP contribution is -2.41.